The molecule has 0 saturated carbocycles. The highest BCUT2D eigenvalue weighted by Crippen LogP contribution is 2.17. The average Bonchev–Trinajstić information content (AvgIpc) is 2.38. The number of nitrogens with zero attached hydrogens (tertiary/aromatic N) is 2. The number of hydrogen-bond acceptors (Lipinski definition) is 4. The van der Waals surface area contributed by atoms with E-state index in [2.05, 4.69) is 31.0 Å². The van der Waals surface area contributed by atoms with Crippen molar-refractivity contribution in [1.29, 1.82) is 0 Å². The minimum absolute atomic E-state index is 0.0462. The molecule has 0 aromatic carbocycles. The van der Waals surface area contributed by atoms with Crippen LogP contribution in [0.1, 0.15) is 20.8 Å². The zero-order valence-corrected chi connectivity index (χ0v) is 12.6. The van der Waals surface area contributed by atoms with Gasteiger partial charge in [-0.1, -0.05) is 0 Å². The zero-order valence-electron chi connectivity index (χ0n) is 11.7. The van der Waals surface area contributed by atoms with Crippen molar-refractivity contribution in [3.8, 4) is 0 Å². The van der Waals surface area contributed by atoms with Gasteiger partial charge in [0.15, 0.2) is 0 Å². The predicted octanol–water partition coefficient (Wildman–Crippen LogP) is 0.634. The summed E-state index contributed by atoms with van der Waals surface area (Å²) in [7, 11) is 0. The van der Waals surface area contributed by atoms with Crippen LogP contribution in [0.3, 0.4) is 0 Å². The minimum Gasteiger partial charge on any atom is -0.339 e. The molecule has 1 N–H and O–H groups in total. The van der Waals surface area contributed by atoms with Crippen molar-refractivity contribution in [1.82, 2.24) is 15.1 Å². The molecule has 2 aliphatic heterocycles. The third-order valence-electron chi connectivity index (χ3n) is 3.76. The van der Waals surface area contributed by atoms with Gasteiger partial charge in [-0.15, -0.1) is 0 Å². The summed E-state index contributed by atoms with van der Waals surface area (Å²) in [6.45, 7) is 11.4. The molecule has 1 unspecified atom stereocenters. The van der Waals surface area contributed by atoms with E-state index >= 15 is 0 Å². The van der Waals surface area contributed by atoms with Crippen LogP contribution in [0.5, 0.6) is 0 Å². The summed E-state index contributed by atoms with van der Waals surface area (Å²) in [5.41, 5.74) is 0.216. The normalized spacial score (nSPS) is 27.3. The Hall–Kier alpha value is -0.260. The Morgan fingerprint density at radius 3 is 2.39 bits per heavy atom. The lowest BCUT2D eigenvalue weighted by Crippen LogP contribution is -2.58. The lowest BCUT2D eigenvalue weighted by molar-refractivity contribution is -0.135. The molecular formula is C13H25N3OS. The second-order valence-electron chi connectivity index (χ2n) is 6.06. The van der Waals surface area contributed by atoms with Gasteiger partial charge in [0.25, 0.3) is 0 Å². The largest absolute Gasteiger partial charge is 0.339 e. The maximum Gasteiger partial charge on any atom is 0.240 e. The van der Waals surface area contributed by atoms with Crippen LogP contribution in [0.25, 0.3) is 0 Å². The fourth-order valence-electron chi connectivity index (χ4n) is 2.54. The Balaban J connectivity index is 1.83. The van der Waals surface area contributed by atoms with Crippen LogP contribution >= 0.6 is 11.8 Å². The standard InChI is InChI=1S/C13H25N3OS/c1-13(2,3)16-7-5-15(6-8-16)12(17)11-10-18-9-4-14-11/h11,14H,4-10H2,1-3H3. The van der Waals surface area contributed by atoms with E-state index in [4.69, 9.17) is 0 Å². The third-order valence-corrected chi connectivity index (χ3v) is 4.82. The molecule has 2 rings (SSSR count). The molecular weight excluding hydrogens is 246 g/mol. The first-order chi connectivity index (χ1) is 8.48. The van der Waals surface area contributed by atoms with E-state index in [-0.39, 0.29) is 11.6 Å². The molecule has 2 aliphatic rings. The number of rotatable bonds is 1. The molecule has 1 amide bonds. The van der Waals surface area contributed by atoms with Gasteiger partial charge in [-0.3, -0.25) is 9.69 Å². The van der Waals surface area contributed by atoms with E-state index in [1.165, 1.54) is 0 Å². The molecule has 18 heavy (non-hydrogen) atoms. The number of thioether (sulfide) groups is 1. The third kappa shape index (κ3) is 3.39. The molecule has 104 valence electrons. The Labute approximate surface area is 114 Å². The number of hydrogen-bond donors (Lipinski definition) is 1. The molecule has 0 bridgehead atoms. The van der Waals surface area contributed by atoms with Gasteiger partial charge < -0.3 is 10.2 Å². The summed E-state index contributed by atoms with van der Waals surface area (Å²) >= 11 is 1.88. The quantitative estimate of drug-likeness (QED) is 0.759. The van der Waals surface area contributed by atoms with Gasteiger partial charge in [0, 0.05) is 49.8 Å². The summed E-state index contributed by atoms with van der Waals surface area (Å²) in [6, 6.07) is 0.0462. The van der Waals surface area contributed by atoms with E-state index in [0.29, 0.717) is 5.91 Å². The first-order valence-corrected chi connectivity index (χ1v) is 7.99. The number of piperazine rings is 1. The molecule has 0 aromatic rings. The molecule has 2 saturated heterocycles. The number of carbonyl (C=O) groups is 1. The molecule has 5 heteroatoms. The number of amides is 1. The molecule has 4 nitrogen and oxygen atoms in total. The van der Waals surface area contributed by atoms with Crippen LogP contribution in [0.15, 0.2) is 0 Å². The van der Waals surface area contributed by atoms with Gasteiger partial charge >= 0.3 is 0 Å². The molecule has 0 radical (unpaired) electrons. The number of carbonyl (C=O) groups excluding carboxylic acids is 1. The van der Waals surface area contributed by atoms with Gasteiger partial charge in [0.1, 0.15) is 0 Å². The lowest BCUT2D eigenvalue weighted by atomic mass is 10.0. The van der Waals surface area contributed by atoms with Gasteiger partial charge in [-0.05, 0) is 20.8 Å². The Kier molecular flexibility index (Phi) is 4.56. The Morgan fingerprint density at radius 2 is 1.89 bits per heavy atom. The van der Waals surface area contributed by atoms with Gasteiger partial charge in [-0.25, -0.2) is 0 Å². The predicted molar refractivity (Wildman–Crippen MR) is 77.0 cm³/mol. The highest BCUT2D eigenvalue weighted by Gasteiger charge is 2.31. The van der Waals surface area contributed by atoms with Crippen molar-refractivity contribution in [3.05, 3.63) is 0 Å². The molecule has 2 heterocycles. The maximum atomic E-state index is 12.3. The number of nitrogens with one attached hydrogen (secondary N) is 1. The van der Waals surface area contributed by atoms with Crippen molar-refractivity contribution in [3.63, 3.8) is 0 Å². The van der Waals surface area contributed by atoms with Crippen molar-refractivity contribution in [2.75, 3.05) is 44.2 Å². The monoisotopic (exact) mass is 271 g/mol. The zero-order chi connectivity index (χ0) is 13.2. The highest BCUT2D eigenvalue weighted by molar-refractivity contribution is 7.99. The first kappa shape index (κ1) is 14.2. The maximum absolute atomic E-state index is 12.3. The minimum atomic E-state index is 0.0462. The van der Waals surface area contributed by atoms with Crippen molar-refractivity contribution >= 4 is 17.7 Å². The molecule has 0 spiro atoms. The summed E-state index contributed by atoms with van der Waals surface area (Å²) in [5, 5.41) is 3.33. The fourth-order valence-corrected chi connectivity index (χ4v) is 3.47. The van der Waals surface area contributed by atoms with Crippen LogP contribution in [0.4, 0.5) is 0 Å². The average molecular weight is 271 g/mol. The summed E-state index contributed by atoms with van der Waals surface area (Å²) in [6.07, 6.45) is 0. The molecule has 0 aliphatic carbocycles. The summed E-state index contributed by atoms with van der Waals surface area (Å²) in [5.74, 6) is 2.36. The van der Waals surface area contributed by atoms with E-state index in [1.54, 1.807) is 0 Å². The lowest BCUT2D eigenvalue weighted by Gasteiger charge is -2.43. The second-order valence-corrected chi connectivity index (χ2v) is 7.21. The Bertz CT molecular complexity index is 289. The van der Waals surface area contributed by atoms with Crippen LogP contribution in [0.2, 0.25) is 0 Å². The molecule has 1 atom stereocenters. The van der Waals surface area contributed by atoms with Gasteiger partial charge in [0.05, 0.1) is 6.04 Å². The van der Waals surface area contributed by atoms with Crippen molar-refractivity contribution in [2.45, 2.75) is 32.4 Å². The summed E-state index contributed by atoms with van der Waals surface area (Å²) < 4.78 is 0. The summed E-state index contributed by atoms with van der Waals surface area (Å²) in [4.78, 5) is 16.8. The van der Waals surface area contributed by atoms with Gasteiger partial charge in [-0.2, -0.15) is 11.8 Å². The first-order valence-electron chi connectivity index (χ1n) is 6.83. The van der Waals surface area contributed by atoms with Crippen LogP contribution < -0.4 is 5.32 Å². The van der Waals surface area contributed by atoms with Crippen molar-refractivity contribution < 1.29 is 4.79 Å². The van der Waals surface area contributed by atoms with E-state index < -0.39 is 0 Å². The van der Waals surface area contributed by atoms with Crippen molar-refractivity contribution in [2.24, 2.45) is 0 Å². The smallest absolute Gasteiger partial charge is 0.240 e. The molecule has 2 fully saturated rings. The van der Waals surface area contributed by atoms with Crippen LogP contribution in [-0.2, 0) is 4.79 Å². The highest BCUT2D eigenvalue weighted by atomic mass is 32.2. The van der Waals surface area contributed by atoms with Gasteiger partial charge in [0.2, 0.25) is 5.91 Å². The topological polar surface area (TPSA) is 35.6 Å². The molecule has 0 aromatic heterocycles. The van der Waals surface area contributed by atoms with E-state index in [9.17, 15) is 4.79 Å². The van der Waals surface area contributed by atoms with Crippen LogP contribution in [0, 0.1) is 0 Å². The van der Waals surface area contributed by atoms with Crippen LogP contribution in [-0.4, -0.2) is 71.5 Å². The Morgan fingerprint density at radius 1 is 1.22 bits per heavy atom. The second kappa shape index (κ2) is 5.80. The van der Waals surface area contributed by atoms with E-state index in [0.717, 1.165) is 44.2 Å². The van der Waals surface area contributed by atoms with E-state index in [1.807, 2.05) is 16.7 Å². The SMILES string of the molecule is CC(C)(C)N1CCN(C(=O)C2CSCCN2)CC1. The fraction of sp³-hybridized carbons (Fsp3) is 0.923.